The van der Waals surface area contributed by atoms with E-state index < -0.39 is 0 Å². The Bertz CT molecular complexity index is 455. The standard InChI is InChI=1S/C18H29N3/c1-14(2)10-17-12-21(11-15-6-8-19-9-7-15)18(3,13-20-17)16-4-5-16/h6-9,14,16-17,20H,4-5,10-13H2,1-3H3. The van der Waals surface area contributed by atoms with Gasteiger partial charge in [0.15, 0.2) is 0 Å². The molecule has 3 heteroatoms. The Hall–Kier alpha value is -0.930. The lowest BCUT2D eigenvalue weighted by molar-refractivity contribution is 0.0238. The molecule has 1 saturated carbocycles. The Balaban J connectivity index is 1.73. The fraction of sp³-hybridized carbons (Fsp3) is 0.722. The number of nitrogens with zero attached hydrogens (tertiary/aromatic N) is 2. The summed E-state index contributed by atoms with van der Waals surface area (Å²) in [5, 5.41) is 3.82. The first-order valence-electron chi connectivity index (χ1n) is 8.45. The van der Waals surface area contributed by atoms with E-state index in [0.29, 0.717) is 11.6 Å². The van der Waals surface area contributed by atoms with E-state index in [4.69, 9.17) is 0 Å². The minimum atomic E-state index is 0.330. The number of aromatic nitrogens is 1. The van der Waals surface area contributed by atoms with Crippen LogP contribution in [0.15, 0.2) is 24.5 Å². The largest absolute Gasteiger partial charge is 0.311 e. The molecule has 2 aliphatic rings. The molecule has 116 valence electrons. The van der Waals surface area contributed by atoms with Gasteiger partial charge in [0.05, 0.1) is 0 Å². The Morgan fingerprint density at radius 1 is 1.33 bits per heavy atom. The predicted molar refractivity (Wildman–Crippen MR) is 87.0 cm³/mol. The third kappa shape index (κ3) is 3.46. The highest BCUT2D eigenvalue weighted by Gasteiger charge is 2.48. The molecule has 2 atom stereocenters. The molecule has 3 rings (SSSR count). The third-order valence-electron chi connectivity index (χ3n) is 5.25. The maximum Gasteiger partial charge on any atom is 0.0338 e. The first kappa shape index (κ1) is 15.0. The van der Waals surface area contributed by atoms with E-state index in [2.05, 4.69) is 48.1 Å². The fourth-order valence-corrected chi connectivity index (χ4v) is 3.79. The second kappa shape index (κ2) is 6.05. The summed E-state index contributed by atoms with van der Waals surface area (Å²) in [7, 11) is 0. The zero-order chi connectivity index (χ0) is 14.9. The molecule has 1 saturated heterocycles. The van der Waals surface area contributed by atoms with Gasteiger partial charge in [-0.2, -0.15) is 0 Å². The van der Waals surface area contributed by atoms with Crippen LogP contribution in [-0.4, -0.2) is 34.6 Å². The van der Waals surface area contributed by atoms with Crippen LogP contribution in [0.1, 0.15) is 45.6 Å². The van der Waals surface area contributed by atoms with E-state index in [1.807, 2.05) is 12.4 Å². The highest BCUT2D eigenvalue weighted by atomic mass is 15.3. The van der Waals surface area contributed by atoms with Crippen molar-refractivity contribution < 1.29 is 0 Å². The summed E-state index contributed by atoms with van der Waals surface area (Å²) in [4.78, 5) is 6.89. The van der Waals surface area contributed by atoms with Gasteiger partial charge in [0.1, 0.15) is 0 Å². The molecule has 1 aromatic rings. The molecule has 2 heterocycles. The maximum atomic E-state index is 4.15. The van der Waals surface area contributed by atoms with Gasteiger partial charge in [0, 0.05) is 43.6 Å². The molecule has 0 radical (unpaired) electrons. The molecule has 0 amide bonds. The highest BCUT2D eigenvalue weighted by molar-refractivity contribution is 5.13. The summed E-state index contributed by atoms with van der Waals surface area (Å²) in [5.41, 5.74) is 1.72. The van der Waals surface area contributed by atoms with Gasteiger partial charge in [-0.3, -0.25) is 9.88 Å². The van der Waals surface area contributed by atoms with E-state index in [1.165, 1.54) is 31.4 Å². The molecule has 0 bridgehead atoms. The SMILES string of the molecule is CC(C)CC1CN(Cc2ccncc2)C(C)(C2CC2)CN1. The number of hydrogen-bond acceptors (Lipinski definition) is 3. The summed E-state index contributed by atoms with van der Waals surface area (Å²) in [6.45, 7) is 10.5. The van der Waals surface area contributed by atoms with Crippen molar-refractivity contribution >= 4 is 0 Å². The van der Waals surface area contributed by atoms with E-state index in [0.717, 1.165) is 24.9 Å². The van der Waals surface area contributed by atoms with Crippen LogP contribution in [0.2, 0.25) is 0 Å². The molecule has 21 heavy (non-hydrogen) atoms. The molecule has 2 fully saturated rings. The maximum absolute atomic E-state index is 4.15. The van der Waals surface area contributed by atoms with Crippen LogP contribution in [0.4, 0.5) is 0 Å². The van der Waals surface area contributed by atoms with Crippen molar-refractivity contribution in [2.24, 2.45) is 11.8 Å². The third-order valence-corrected chi connectivity index (χ3v) is 5.25. The van der Waals surface area contributed by atoms with Crippen molar-refractivity contribution in [1.29, 1.82) is 0 Å². The van der Waals surface area contributed by atoms with E-state index >= 15 is 0 Å². The first-order chi connectivity index (χ1) is 10.1. The van der Waals surface area contributed by atoms with Crippen LogP contribution in [-0.2, 0) is 6.54 Å². The second-order valence-electron chi connectivity index (χ2n) is 7.57. The summed E-state index contributed by atoms with van der Waals surface area (Å²) in [6.07, 6.45) is 7.91. The first-order valence-corrected chi connectivity index (χ1v) is 8.45. The molecule has 1 N–H and O–H groups in total. The van der Waals surface area contributed by atoms with Crippen molar-refractivity contribution in [3.63, 3.8) is 0 Å². The number of hydrogen-bond donors (Lipinski definition) is 1. The van der Waals surface area contributed by atoms with Gasteiger partial charge >= 0.3 is 0 Å². The quantitative estimate of drug-likeness (QED) is 0.902. The van der Waals surface area contributed by atoms with Gasteiger partial charge in [0.2, 0.25) is 0 Å². The van der Waals surface area contributed by atoms with Crippen LogP contribution in [0.3, 0.4) is 0 Å². The number of piperazine rings is 1. The predicted octanol–water partition coefficient (Wildman–Crippen LogP) is 3.07. The second-order valence-corrected chi connectivity index (χ2v) is 7.57. The molecule has 0 spiro atoms. The molecule has 2 unspecified atom stereocenters. The lowest BCUT2D eigenvalue weighted by Crippen LogP contribution is -2.64. The van der Waals surface area contributed by atoms with Crippen LogP contribution >= 0.6 is 0 Å². The minimum absolute atomic E-state index is 0.330. The number of rotatable bonds is 5. The molecule has 1 aromatic heterocycles. The minimum Gasteiger partial charge on any atom is -0.311 e. The Morgan fingerprint density at radius 2 is 2.05 bits per heavy atom. The lowest BCUT2D eigenvalue weighted by atomic mass is 9.87. The van der Waals surface area contributed by atoms with Gasteiger partial charge in [-0.1, -0.05) is 13.8 Å². The van der Waals surface area contributed by atoms with Crippen molar-refractivity contribution in [3.05, 3.63) is 30.1 Å². The van der Waals surface area contributed by atoms with E-state index in [9.17, 15) is 0 Å². The van der Waals surface area contributed by atoms with Crippen molar-refractivity contribution in [2.75, 3.05) is 13.1 Å². The monoisotopic (exact) mass is 287 g/mol. The average Bonchev–Trinajstić information content (AvgIpc) is 3.28. The summed E-state index contributed by atoms with van der Waals surface area (Å²) < 4.78 is 0. The molecule has 1 aliphatic carbocycles. The number of pyridine rings is 1. The van der Waals surface area contributed by atoms with Gasteiger partial charge < -0.3 is 5.32 Å². The average molecular weight is 287 g/mol. The van der Waals surface area contributed by atoms with Crippen molar-refractivity contribution in [3.8, 4) is 0 Å². The molecule has 1 aliphatic heterocycles. The Labute approximate surface area is 129 Å². The van der Waals surface area contributed by atoms with Crippen LogP contribution in [0.5, 0.6) is 0 Å². The zero-order valence-electron chi connectivity index (χ0n) is 13.7. The van der Waals surface area contributed by atoms with Gasteiger partial charge in [-0.25, -0.2) is 0 Å². The van der Waals surface area contributed by atoms with Gasteiger partial charge in [0.25, 0.3) is 0 Å². The highest BCUT2D eigenvalue weighted by Crippen LogP contribution is 2.44. The summed E-state index contributed by atoms with van der Waals surface area (Å²) in [5.74, 6) is 1.64. The van der Waals surface area contributed by atoms with Gasteiger partial charge in [-0.15, -0.1) is 0 Å². The molecular weight excluding hydrogens is 258 g/mol. The normalized spacial score (nSPS) is 30.8. The summed E-state index contributed by atoms with van der Waals surface area (Å²) >= 11 is 0. The van der Waals surface area contributed by atoms with Crippen LogP contribution < -0.4 is 5.32 Å². The van der Waals surface area contributed by atoms with E-state index in [1.54, 1.807) is 0 Å². The van der Waals surface area contributed by atoms with Crippen LogP contribution in [0.25, 0.3) is 0 Å². The van der Waals surface area contributed by atoms with Crippen molar-refractivity contribution in [2.45, 2.75) is 58.2 Å². The smallest absolute Gasteiger partial charge is 0.0338 e. The Kier molecular flexibility index (Phi) is 4.32. The molecule has 0 aromatic carbocycles. The Morgan fingerprint density at radius 3 is 2.67 bits per heavy atom. The van der Waals surface area contributed by atoms with Crippen LogP contribution in [0, 0.1) is 11.8 Å². The molecule has 3 nitrogen and oxygen atoms in total. The zero-order valence-corrected chi connectivity index (χ0v) is 13.7. The van der Waals surface area contributed by atoms with Crippen molar-refractivity contribution in [1.82, 2.24) is 15.2 Å². The topological polar surface area (TPSA) is 28.2 Å². The lowest BCUT2D eigenvalue weighted by Gasteiger charge is -2.49. The van der Waals surface area contributed by atoms with Gasteiger partial charge in [-0.05, 0) is 55.7 Å². The fourth-order valence-electron chi connectivity index (χ4n) is 3.79. The molecular formula is C18H29N3. The number of nitrogens with one attached hydrogen (secondary N) is 1. The summed E-state index contributed by atoms with van der Waals surface area (Å²) in [6, 6.07) is 4.96. The van der Waals surface area contributed by atoms with E-state index in [-0.39, 0.29) is 0 Å².